The normalized spacial score (nSPS) is 9.69. The number of halogens is 1. The summed E-state index contributed by atoms with van der Waals surface area (Å²) < 4.78 is 0. The van der Waals surface area contributed by atoms with E-state index in [1.807, 2.05) is 12.1 Å². The van der Waals surface area contributed by atoms with Crippen LogP contribution in [0.3, 0.4) is 0 Å². The third-order valence-corrected chi connectivity index (χ3v) is 3.41. The first kappa shape index (κ1) is 16.6. The zero-order chi connectivity index (χ0) is 11.3. The Kier molecular flexibility index (Phi) is 9.02. The van der Waals surface area contributed by atoms with Gasteiger partial charge in [0.05, 0.1) is 0 Å². The van der Waals surface area contributed by atoms with Crippen molar-refractivity contribution in [2.24, 2.45) is 0 Å². The SMILES string of the molecule is Cc1cccc(Cl)c1C(=S)CCCC[PH-].[Li+]. The molecular weight excluding hydrogens is 250 g/mol. The molecule has 0 fully saturated rings. The number of aryl methyl sites for hydroxylation is 1. The first-order valence-electron chi connectivity index (χ1n) is 5.09. The molecule has 0 bridgehead atoms. The summed E-state index contributed by atoms with van der Waals surface area (Å²) in [5, 5.41) is 0.776. The van der Waals surface area contributed by atoms with Crippen LogP contribution in [0.1, 0.15) is 30.4 Å². The average molecular weight is 265 g/mol. The van der Waals surface area contributed by atoms with Gasteiger partial charge in [0.2, 0.25) is 0 Å². The van der Waals surface area contributed by atoms with Crippen molar-refractivity contribution in [3.8, 4) is 0 Å². The van der Waals surface area contributed by atoms with Gasteiger partial charge in [-0.1, -0.05) is 48.8 Å². The molecule has 16 heavy (non-hydrogen) atoms. The molecule has 1 aromatic rings. The smallest absolute Gasteiger partial charge is 0.558 e. The van der Waals surface area contributed by atoms with E-state index in [4.69, 9.17) is 23.8 Å². The fourth-order valence-corrected chi connectivity index (χ4v) is 2.58. The van der Waals surface area contributed by atoms with E-state index in [2.05, 4.69) is 22.2 Å². The molecule has 0 N–H and O–H groups in total. The molecule has 0 unspecified atom stereocenters. The van der Waals surface area contributed by atoms with Gasteiger partial charge >= 0.3 is 18.9 Å². The molecule has 0 amide bonds. The maximum absolute atomic E-state index is 6.14. The van der Waals surface area contributed by atoms with E-state index in [1.54, 1.807) is 0 Å². The maximum atomic E-state index is 6.14. The van der Waals surface area contributed by atoms with Gasteiger partial charge < -0.3 is 9.24 Å². The Morgan fingerprint density at radius 2 is 2.06 bits per heavy atom. The van der Waals surface area contributed by atoms with Crippen molar-refractivity contribution < 1.29 is 18.9 Å². The molecule has 0 aromatic heterocycles. The summed E-state index contributed by atoms with van der Waals surface area (Å²) in [6.45, 7) is 2.05. The minimum Gasteiger partial charge on any atom is -0.558 e. The molecule has 1 aromatic carbocycles. The van der Waals surface area contributed by atoms with Gasteiger partial charge in [-0.15, -0.1) is 0 Å². The van der Waals surface area contributed by atoms with Crippen molar-refractivity contribution in [3.05, 3.63) is 34.3 Å². The van der Waals surface area contributed by atoms with E-state index < -0.39 is 0 Å². The molecule has 0 saturated heterocycles. The second-order valence-corrected chi connectivity index (χ2v) is 4.96. The van der Waals surface area contributed by atoms with Gasteiger partial charge in [-0.25, -0.2) is 0 Å². The van der Waals surface area contributed by atoms with Gasteiger partial charge in [-0.3, -0.25) is 0 Å². The van der Waals surface area contributed by atoms with Crippen molar-refractivity contribution in [1.29, 1.82) is 0 Å². The summed E-state index contributed by atoms with van der Waals surface area (Å²) in [4.78, 5) is 0.984. The fourth-order valence-electron chi connectivity index (χ4n) is 1.52. The van der Waals surface area contributed by atoms with Gasteiger partial charge in [0.25, 0.3) is 0 Å². The second-order valence-electron chi connectivity index (χ2n) is 3.56. The maximum Gasteiger partial charge on any atom is 1.00 e. The third-order valence-electron chi connectivity index (χ3n) is 2.33. The first-order chi connectivity index (χ1) is 7.16. The number of unbranched alkanes of at least 4 members (excludes halogenated alkanes) is 1. The van der Waals surface area contributed by atoms with Crippen LogP contribution in [0.15, 0.2) is 18.2 Å². The quantitative estimate of drug-likeness (QED) is 0.256. The van der Waals surface area contributed by atoms with Crippen LogP contribution in [0, 0.1) is 6.92 Å². The number of thiocarbonyl (C=S) groups is 1. The molecule has 1 rings (SSSR count). The molecule has 0 aliphatic heterocycles. The standard InChI is InChI=1S/C12H15ClPS.Li/c1-9-5-4-6-10(13)12(9)11(15)7-2-3-8-14;/h4-6,14H,2-3,7-8H2,1H3;/q-1;+1. The van der Waals surface area contributed by atoms with Crippen LogP contribution in [0.2, 0.25) is 5.02 Å². The Morgan fingerprint density at radius 1 is 1.38 bits per heavy atom. The Hall–Kier alpha value is 0.627. The zero-order valence-electron chi connectivity index (χ0n) is 9.85. The molecule has 0 heterocycles. The Labute approximate surface area is 123 Å². The van der Waals surface area contributed by atoms with Gasteiger partial charge in [0.15, 0.2) is 0 Å². The molecule has 0 spiro atoms. The summed E-state index contributed by atoms with van der Waals surface area (Å²) >= 11 is 11.5. The number of benzene rings is 1. The van der Waals surface area contributed by atoms with Crippen molar-refractivity contribution in [2.45, 2.75) is 26.2 Å². The molecule has 0 aliphatic rings. The third kappa shape index (κ3) is 4.87. The van der Waals surface area contributed by atoms with Crippen LogP contribution >= 0.6 is 33.1 Å². The summed E-state index contributed by atoms with van der Waals surface area (Å²) in [5.41, 5.74) is 2.23. The number of hydrogen-bond acceptors (Lipinski definition) is 1. The van der Waals surface area contributed by atoms with Gasteiger partial charge in [0, 0.05) is 15.5 Å². The van der Waals surface area contributed by atoms with Crippen LogP contribution in [0.25, 0.3) is 0 Å². The van der Waals surface area contributed by atoms with Gasteiger partial charge in [0.1, 0.15) is 0 Å². The Balaban J connectivity index is 0.00000225. The van der Waals surface area contributed by atoms with E-state index in [-0.39, 0.29) is 18.9 Å². The molecule has 0 atom stereocenters. The number of rotatable bonds is 5. The molecule has 0 nitrogen and oxygen atoms in total. The van der Waals surface area contributed by atoms with E-state index in [0.717, 1.165) is 40.9 Å². The minimum absolute atomic E-state index is 0. The largest absolute Gasteiger partial charge is 1.00 e. The second kappa shape index (κ2) is 8.68. The minimum atomic E-state index is 0. The van der Waals surface area contributed by atoms with Crippen molar-refractivity contribution in [2.75, 3.05) is 6.16 Å². The summed E-state index contributed by atoms with van der Waals surface area (Å²) in [6, 6.07) is 5.92. The van der Waals surface area contributed by atoms with E-state index in [1.165, 1.54) is 5.56 Å². The molecule has 0 saturated carbocycles. The fraction of sp³-hybridized carbons (Fsp3) is 0.417. The van der Waals surface area contributed by atoms with Gasteiger partial charge in [-0.05, 0) is 25.0 Å². The molecule has 0 radical (unpaired) electrons. The summed E-state index contributed by atoms with van der Waals surface area (Å²) in [7, 11) is 3.46. The predicted molar refractivity (Wildman–Crippen MR) is 74.9 cm³/mol. The van der Waals surface area contributed by atoms with Crippen LogP contribution in [-0.4, -0.2) is 11.0 Å². The Bertz CT molecular complexity index is 335. The first-order valence-corrected chi connectivity index (χ1v) is 6.59. The van der Waals surface area contributed by atoms with Crippen molar-refractivity contribution in [3.63, 3.8) is 0 Å². The van der Waals surface area contributed by atoms with Crippen molar-refractivity contribution in [1.82, 2.24) is 0 Å². The molecule has 4 heteroatoms. The average Bonchev–Trinajstić information content (AvgIpc) is 2.18. The summed E-state index contributed by atoms with van der Waals surface area (Å²) in [6.07, 6.45) is 4.25. The summed E-state index contributed by atoms with van der Waals surface area (Å²) in [5.74, 6) is 0. The van der Waals surface area contributed by atoms with Gasteiger partial charge in [-0.2, -0.15) is 6.16 Å². The van der Waals surface area contributed by atoms with E-state index >= 15 is 0 Å². The van der Waals surface area contributed by atoms with E-state index in [0.29, 0.717) is 0 Å². The van der Waals surface area contributed by atoms with E-state index in [9.17, 15) is 0 Å². The zero-order valence-corrected chi connectivity index (χ0v) is 12.4. The molecule has 0 aliphatic carbocycles. The van der Waals surface area contributed by atoms with Crippen LogP contribution in [-0.2, 0) is 0 Å². The molecule has 82 valence electrons. The monoisotopic (exact) mass is 264 g/mol. The topological polar surface area (TPSA) is 0 Å². The number of hydrogen-bond donors (Lipinski definition) is 0. The Morgan fingerprint density at radius 3 is 2.62 bits per heavy atom. The van der Waals surface area contributed by atoms with Crippen molar-refractivity contribution >= 4 is 37.9 Å². The van der Waals surface area contributed by atoms with Crippen LogP contribution in [0.4, 0.5) is 0 Å². The van der Waals surface area contributed by atoms with Crippen LogP contribution in [0.5, 0.6) is 0 Å². The van der Waals surface area contributed by atoms with Crippen LogP contribution < -0.4 is 18.9 Å². The predicted octanol–water partition coefficient (Wildman–Crippen LogP) is 1.68. The molecular formula is C12H15ClLiPS.